The van der Waals surface area contributed by atoms with Gasteiger partial charge in [0.1, 0.15) is 6.04 Å². The maximum absolute atomic E-state index is 12.3. The molecule has 1 rings (SSSR count). The Balaban J connectivity index is 2.64. The van der Waals surface area contributed by atoms with Gasteiger partial charge in [0, 0.05) is 24.9 Å². The molecule has 0 saturated carbocycles. The van der Waals surface area contributed by atoms with Crippen molar-refractivity contribution in [2.75, 3.05) is 34.8 Å². The first kappa shape index (κ1) is 19.4. The maximum Gasteiger partial charge on any atom is 0.329 e. The molecule has 1 aromatic heterocycles. The fraction of sp³-hybridized carbons (Fsp3) is 0.667. The van der Waals surface area contributed by atoms with Crippen molar-refractivity contribution in [1.82, 2.24) is 20.1 Å². The minimum atomic E-state index is -0.702. The summed E-state index contributed by atoms with van der Waals surface area (Å²) in [5.41, 5.74) is 0.846. The van der Waals surface area contributed by atoms with E-state index >= 15 is 0 Å². The number of thiazole rings is 1. The molecule has 0 aromatic carbocycles. The zero-order chi connectivity index (χ0) is 17.6. The summed E-state index contributed by atoms with van der Waals surface area (Å²) in [5.74, 6) is -0.0899. The lowest BCUT2D eigenvalue weighted by Gasteiger charge is -2.23. The van der Waals surface area contributed by atoms with Gasteiger partial charge in [-0.1, -0.05) is 13.8 Å². The quantitative estimate of drug-likeness (QED) is 0.760. The van der Waals surface area contributed by atoms with Crippen LogP contribution in [0.5, 0.6) is 0 Å². The standard InChI is InChI=1S/C15H26N4O3S/c1-10(2)13-16-11(9-23-13)7-19(5)15(21)17-12(8-18(3)4)14(20)22-6/h9-10,12H,7-8H2,1-6H3,(H,17,21). The van der Waals surface area contributed by atoms with Crippen molar-refractivity contribution in [1.29, 1.82) is 0 Å². The molecule has 0 aliphatic heterocycles. The van der Waals surface area contributed by atoms with Gasteiger partial charge in [0.25, 0.3) is 0 Å². The lowest BCUT2D eigenvalue weighted by atomic mass is 10.2. The van der Waals surface area contributed by atoms with Gasteiger partial charge in [-0.15, -0.1) is 11.3 Å². The number of rotatable bonds is 7. The van der Waals surface area contributed by atoms with Gasteiger partial charge in [0.2, 0.25) is 0 Å². The summed E-state index contributed by atoms with van der Waals surface area (Å²) in [6.45, 7) is 4.94. The molecule has 7 nitrogen and oxygen atoms in total. The summed E-state index contributed by atoms with van der Waals surface area (Å²) in [6.07, 6.45) is 0. The first-order valence-electron chi connectivity index (χ1n) is 7.43. The third-order valence-corrected chi connectivity index (χ3v) is 4.33. The van der Waals surface area contributed by atoms with E-state index in [0.717, 1.165) is 10.7 Å². The molecule has 130 valence electrons. The fourth-order valence-corrected chi connectivity index (χ4v) is 2.75. The highest BCUT2D eigenvalue weighted by molar-refractivity contribution is 7.09. The van der Waals surface area contributed by atoms with Gasteiger partial charge >= 0.3 is 12.0 Å². The second-order valence-electron chi connectivity index (χ2n) is 5.98. The summed E-state index contributed by atoms with van der Waals surface area (Å²) in [6, 6.07) is -1.03. The van der Waals surface area contributed by atoms with E-state index in [1.165, 1.54) is 12.0 Å². The van der Waals surface area contributed by atoms with E-state index in [0.29, 0.717) is 19.0 Å². The fourth-order valence-electron chi connectivity index (χ4n) is 1.92. The molecule has 0 fully saturated rings. The largest absolute Gasteiger partial charge is 0.467 e. The summed E-state index contributed by atoms with van der Waals surface area (Å²) in [7, 11) is 6.64. The van der Waals surface area contributed by atoms with E-state index in [2.05, 4.69) is 24.1 Å². The predicted octanol–water partition coefficient (Wildman–Crippen LogP) is 1.51. The van der Waals surface area contributed by atoms with Crippen molar-refractivity contribution in [2.24, 2.45) is 0 Å². The zero-order valence-corrected chi connectivity index (χ0v) is 15.4. The van der Waals surface area contributed by atoms with Crippen LogP contribution < -0.4 is 5.32 Å². The SMILES string of the molecule is COC(=O)C(CN(C)C)NC(=O)N(C)Cc1csc(C(C)C)n1. The molecule has 8 heteroatoms. The van der Waals surface area contributed by atoms with E-state index in [4.69, 9.17) is 4.74 Å². The second kappa shape index (κ2) is 8.83. The molecule has 2 amide bonds. The summed E-state index contributed by atoms with van der Waals surface area (Å²) >= 11 is 1.59. The number of nitrogens with zero attached hydrogens (tertiary/aromatic N) is 3. The molecule has 0 bridgehead atoms. The van der Waals surface area contributed by atoms with Crippen LogP contribution in [0.4, 0.5) is 4.79 Å². The van der Waals surface area contributed by atoms with E-state index in [1.807, 2.05) is 24.4 Å². The Bertz CT molecular complexity index is 531. The molecule has 1 unspecified atom stereocenters. The van der Waals surface area contributed by atoms with Gasteiger partial charge < -0.3 is 19.9 Å². The van der Waals surface area contributed by atoms with Crippen LogP contribution in [0.1, 0.15) is 30.5 Å². The molecular formula is C15H26N4O3S. The Kier molecular flexibility index (Phi) is 7.44. The average molecular weight is 342 g/mol. The normalized spacial score (nSPS) is 12.3. The number of esters is 1. The van der Waals surface area contributed by atoms with E-state index in [9.17, 15) is 9.59 Å². The van der Waals surface area contributed by atoms with Crippen molar-refractivity contribution in [3.05, 3.63) is 16.1 Å². The maximum atomic E-state index is 12.3. The highest BCUT2D eigenvalue weighted by atomic mass is 32.1. The van der Waals surface area contributed by atoms with Gasteiger partial charge in [-0.25, -0.2) is 14.6 Å². The lowest BCUT2D eigenvalue weighted by molar-refractivity contribution is -0.143. The Morgan fingerprint density at radius 2 is 2.00 bits per heavy atom. The van der Waals surface area contributed by atoms with Crippen molar-refractivity contribution in [3.63, 3.8) is 0 Å². The third kappa shape index (κ3) is 6.15. The van der Waals surface area contributed by atoms with E-state index in [1.54, 1.807) is 18.4 Å². The monoisotopic (exact) mass is 342 g/mol. The van der Waals surface area contributed by atoms with Gasteiger partial charge in [-0.3, -0.25) is 0 Å². The molecule has 1 atom stereocenters. The van der Waals surface area contributed by atoms with Crippen LogP contribution in [0.3, 0.4) is 0 Å². The number of carbonyl (C=O) groups is 2. The molecule has 1 aromatic rings. The highest BCUT2D eigenvalue weighted by Gasteiger charge is 2.24. The van der Waals surface area contributed by atoms with E-state index < -0.39 is 12.0 Å². The zero-order valence-electron chi connectivity index (χ0n) is 14.6. The summed E-state index contributed by atoms with van der Waals surface area (Å²) in [5, 5.41) is 5.70. The number of nitrogens with one attached hydrogen (secondary N) is 1. The number of urea groups is 1. The lowest BCUT2D eigenvalue weighted by Crippen LogP contribution is -2.51. The van der Waals surface area contributed by atoms with Crippen LogP contribution in [-0.4, -0.2) is 67.6 Å². The van der Waals surface area contributed by atoms with Crippen LogP contribution in [0.25, 0.3) is 0 Å². The first-order chi connectivity index (χ1) is 10.7. The van der Waals surface area contributed by atoms with Crippen molar-refractivity contribution in [2.45, 2.75) is 32.4 Å². The van der Waals surface area contributed by atoms with E-state index in [-0.39, 0.29) is 6.03 Å². The number of hydrogen-bond acceptors (Lipinski definition) is 6. The third-order valence-electron chi connectivity index (χ3n) is 3.14. The van der Waals surface area contributed by atoms with Gasteiger partial charge in [0.05, 0.1) is 24.4 Å². The van der Waals surface area contributed by atoms with Crippen molar-refractivity contribution >= 4 is 23.3 Å². The number of methoxy groups -OCH3 is 1. The predicted molar refractivity (Wildman–Crippen MR) is 90.6 cm³/mol. The smallest absolute Gasteiger partial charge is 0.329 e. The number of ether oxygens (including phenoxy) is 1. The molecule has 0 spiro atoms. The first-order valence-corrected chi connectivity index (χ1v) is 8.31. The van der Waals surface area contributed by atoms with Gasteiger partial charge in [-0.2, -0.15) is 0 Å². The molecule has 0 saturated heterocycles. The number of aromatic nitrogens is 1. The second-order valence-corrected chi connectivity index (χ2v) is 6.87. The Labute approximate surface area is 141 Å². The molecule has 0 aliphatic carbocycles. The van der Waals surface area contributed by atoms with Gasteiger partial charge in [0.15, 0.2) is 0 Å². The Morgan fingerprint density at radius 3 is 2.48 bits per heavy atom. The number of hydrogen-bond donors (Lipinski definition) is 1. The van der Waals surface area contributed by atoms with Crippen LogP contribution in [-0.2, 0) is 16.1 Å². The van der Waals surface area contributed by atoms with Crippen molar-refractivity contribution in [3.8, 4) is 0 Å². The summed E-state index contributed by atoms with van der Waals surface area (Å²) < 4.78 is 4.73. The topological polar surface area (TPSA) is 74.8 Å². The number of carbonyl (C=O) groups excluding carboxylic acids is 2. The molecule has 1 heterocycles. The molecule has 23 heavy (non-hydrogen) atoms. The Hall–Kier alpha value is -1.67. The average Bonchev–Trinajstić information content (AvgIpc) is 2.93. The highest BCUT2D eigenvalue weighted by Crippen LogP contribution is 2.19. The van der Waals surface area contributed by atoms with Crippen molar-refractivity contribution < 1.29 is 14.3 Å². The van der Waals surface area contributed by atoms with Gasteiger partial charge in [-0.05, 0) is 14.1 Å². The molecule has 0 aliphatic rings. The minimum Gasteiger partial charge on any atom is -0.467 e. The minimum absolute atomic E-state index is 0.332. The number of likely N-dealkylation sites (N-methyl/N-ethyl adjacent to an activating group) is 1. The van der Waals surface area contributed by atoms with Crippen LogP contribution in [0, 0.1) is 0 Å². The number of amides is 2. The summed E-state index contributed by atoms with van der Waals surface area (Å²) in [4.78, 5) is 31.8. The van der Waals surface area contributed by atoms with Crippen LogP contribution in [0.15, 0.2) is 5.38 Å². The van der Waals surface area contributed by atoms with Crippen LogP contribution >= 0.6 is 11.3 Å². The van der Waals surface area contributed by atoms with Crippen LogP contribution in [0.2, 0.25) is 0 Å². The molecule has 1 N–H and O–H groups in total. The Morgan fingerprint density at radius 1 is 1.35 bits per heavy atom. The molecule has 0 radical (unpaired) electrons. The molecular weight excluding hydrogens is 316 g/mol.